The molecule has 124 valence electrons. The van der Waals surface area contributed by atoms with Gasteiger partial charge in [0.25, 0.3) is 11.1 Å². The maximum absolute atomic E-state index is 11.3. The van der Waals surface area contributed by atoms with Crippen LogP contribution in [0.5, 0.6) is 0 Å². The molecule has 1 aromatic carbocycles. The van der Waals surface area contributed by atoms with E-state index in [1.807, 2.05) is 30.3 Å². The predicted octanol–water partition coefficient (Wildman–Crippen LogP) is 2.16. The Balaban J connectivity index is 1.76. The number of esters is 1. The lowest BCUT2D eigenvalue weighted by Crippen LogP contribution is -2.06. The third-order valence-electron chi connectivity index (χ3n) is 3.06. The van der Waals surface area contributed by atoms with Crippen LogP contribution in [0.4, 0.5) is 5.82 Å². The molecule has 24 heavy (non-hydrogen) atoms. The Labute approximate surface area is 142 Å². The van der Waals surface area contributed by atoms with Gasteiger partial charge in [-0.25, -0.2) is 4.68 Å². The van der Waals surface area contributed by atoms with Gasteiger partial charge in [-0.3, -0.25) is 4.79 Å². The minimum Gasteiger partial charge on any atom is -0.465 e. The highest BCUT2D eigenvalue weighted by Gasteiger charge is 2.17. The SMILES string of the molecule is CCOC(=O)CSc1nnc(-c2cnn(-c3ccccc3)c2N)o1. The van der Waals surface area contributed by atoms with Crippen LogP contribution in [-0.2, 0) is 9.53 Å². The lowest BCUT2D eigenvalue weighted by Gasteiger charge is -2.03. The van der Waals surface area contributed by atoms with Gasteiger partial charge >= 0.3 is 5.97 Å². The van der Waals surface area contributed by atoms with Crippen molar-refractivity contribution < 1.29 is 13.9 Å². The number of aromatic nitrogens is 4. The average molecular weight is 345 g/mol. The molecule has 9 heteroatoms. The van der Waals surface area contributed by atoms with Crippen molar-refractivity contribution in [1.29, 1.82) is 0 Å². The Hall–Kier alpha value is -2.81. The number of nitrogen functional groups attached to an aromatic ring is 1. The van der Waals surface area contributed by atoms with Crippen LogP contribution in [0.3, 0.4) is 0 Å². The monoisotopic (exact) mass is 345 g/mol. The number of carbonyl (C=O) groups is 1. The average Bonchev–Trinajstić information content (AvgIpc) is 3.20. The summed E-state index contributed by atoms with van der Waals surface area (Å²) in [6.07, 6.45) is 1.57. The highest BCUT2D eigenvalue weighted by molar-refractivity contribution is 7.99. The van der Waals surface area contributed by atoms with E-state index in [1.165, 1.54) is 0 Å². The third-order valence-corrected chi connectivity index (χ3v) is 3.85. The Morgan fingerprint density at radius 3 is 2.88 bits per heavy atom. The van der Waals surface area contributed by atoms with E-state index in [2.05, 4.69) is 15.3 Å². The van der Waals surface area contributed by atoms with Crippen molar-refractivity contribution in [2.24, 2.45) is 0 Å². The quantitative estimate of drug-likeness (QED) is 0.535. The number of ether oxygens (including phenoxy) is 1. The lowest BCUT2D eigenvalue weighted by molar-refractivity contribution is -0.139. The molecule has 0 aliphatic heterocycles. The summed E-state index contributed by atoms with van der Waals surface area (Å²) in [5.41, 5.74) is 7.50. The number of thioether (sulfide) groups is 1. The minimum atomic E-state index is -0.335. The zero-order valence-corrected chi connectivity index (χ0v) is 13.7. The topological polar surface area (TPSA) is 109 Å². The second-order valence-electron chi connectivity index (χ2n) is 4.66. The van der Waals surface area contributed by atoms with Gasteiger partial charge in [-0.1, -0.05) is 30.0 Å². The van der Waals surface area contributed by atoms with Gasteiger partial charge in [-0.2, -0.15) is 5.10 Å². The molecule has 2 heterocycles. The first kappa shape index (κ1) is 16.1. The fourth-order valence-electron chi connectivity index (χ4n) is 2.00. The van der Waals surface area contributed by atoms with Crippen molar-refractivity contribution in [2.45, 2.75) is 12.1 Å². The Morgan fingerprint density at radius 2 is 2.12 bits per heavy atom. The summed E-state index contributed by atoms with van der Waals surface area (Å²) in [6, 6.07) is 9.48. The van der Waals surface area contributed by atoms with Gasteiger partial charge in [-0.05, 0) is 19.1 Å². The largest absolute Gasteiger partial charge is 0.465 e. The summed E-state index contributed by atoms with van der Waals surface area (Å²) in [6.45, 7) is 2.09. The first-order valence-corrected chi connectivity index (χ1v) is 8.18. The maximum atomic E-state index is 11.3. The van der Waals surface area contributed by atoms with Crippen LogP contribution in [0, 0.1) is 0 Å². The summed E-state index contributed by atoms with van der Waals surface area (Å²) in [4.78, 5) is 11.3. The van der Waals surface area contributed by atoms with Crippen LogP contribution < -0.4 is 5.73 Å². The van der Waals surface area contributed by atoms with Crippen molar-refractivity contribution in [3.8, 4) is 17.1 Å². The van der Waals surface area contributed by atoms with Crippen LogP contribution in [0.1, 0.15) is 6.92 Å². The summed E-state index contributed by atoms with van der Waals surface area (Å²) in [5, 5.41) is 12.4. The first-order valence-electron chi connectivity index (χ1n) is 7.20. The van der Waals surface area contributed by atoms with Crippen molar-refractivity contribution in [3.63, 3.8) is 0 Å². The fourth-order valence-corrected chi connectivity index (χ4v) is 2.56. The van der Waals surface area contributed by atoms with E-state index in [4.69, 9.17) is 14.9 Å². The first-order chi connectivity index (χ1) is 11.7. The van der Waals surface area contributed by atoms with Crippen LogP contribution in [-0.4, -0.2) is 38.3 Å². The van der Waals surface area contributed by atoms with Crippen LogP contribution in [0.25, 0.3) is 17.1 Å². The molecule has 0 saturated carbocycles. The van der Waals surface area contributed by atoms with Crippen molar-refractivity contribution in [2.75, 3.05) is 18.1 Å². The van der Waals surface area contributed by atoms with E-state index in [-0.39, 0.29) is 22.8 Å². The fraction of sp³-hybridized carbons (Fsp3) is 0.200. The molecule has 0 amide bonds. The number of hydrogen-bond acceptors (Lipinski definition) is 8. The van der Waals surface area contributed by atoms with Gasteiger partial charge < -0.3 is 14.9 Å². The van der Waals surface area contributed by atoms with Crippen molar-refractivity contribution in [1.82, 2.24) is 20.0 Å². The molecule has 0 spiro atoms. The maximum Gasteiger partial charge on any atom is 0.316 e. The molecular weight excluding hydrogens is 330 g/mol. The normalized spacial score (nSPS) is 10.7. The molecular formula is C15H15N5O3S. The number of nitrogens with two attached hydrogens (primary N) is 1. The smallest absolute Gasteiger partial charge is 0.316 e. The van der Waals surface area contributed by atoms with E-state index in [9.17, 15) is 4.79 Å². The molecule has 2 N–H and O–H groups in total. The van der Waals surface area contributed by atoms with Crippen LogP contribution in [0.2, 0.25) is 0 Å². The molecule has 0 bridgehead atoms. The highest BCUT2D eigenvalue weighted by atomic mass is 32.2. The summed E-state index contributed by atoms with van der Waals surface area (Å²) in [5.74, 6) is 0.417. The third kappa shape index (κ3) is 3.40. The molecule has 0 unspecified atom stereocenters. The van der Waals surface area contributed by atoms with Crippen molar-refractivity contribution in [3.05, 3.63) is 36.5 Å². The predicted molar refractivity (Wildman–Crippen MR) is 88.6 cm³/mol. The molecule has 0 aliphatic rings. The molecule has 0 fully saturated rings. The molecule has 3 rings (SSSR count). The number of carbonyl (C=O) groups excluding carboxylic acids is 1. The molecule has 0 atom stereocenters. The molecule has 0 radical (unpaired) electrons. The number of rotatable bonds is 6. The zero-order chi connectivity index (χ0) is 16.9. The Kier molecular flexibility index (Phi) is 4.80. The van der Waals surface area contributed by atoms with E-state index >= 15 is 0 Å². The van der Waals surface area contributed by atoms with Gasteiger partial charge in [0.05, 0.1) is 18.5 Å². The highest BCUT2D eigenvalue weighted by Crippen LogP contribution is 2.28. The summed E-state index contributed by atoms with van der Waals surface area (Å²) >= 11 is 1.11. The van der Waals surface area contributed by atoms with Crippen molar-refractivity contribution >= 4 is 23.5 Å². The molecule has 3 aromatic rings. The zero-order valence-electron chi connectivity index (χ0n) is 12.9. The van der Waals surface area contributed by atoms with Gasteiger partial charge in [0.2, 0.25) is 0 Å². The van der Waals surface area contributed by atoms with E-state index in [1.54, 1.807) is 17.8 Å². The van der Waals surface area contributed by atoms with E-state index in [0.717, 1.165) is 17.4 Å². The standard InChI is InChI=1S/C15H15N5O3S/c1-2-22-12(21)9-24-15-19-18-14(23-15)11-8-17-20(13(11)16)10-6-4-3-5-7-10/h3-8H,2,9,16H2,1H3. The number of nitrogens with zero attached hydrogens (tertiary/aromatic N) is 4. The molecule has 0 saturated heterocycles. The van der Waals surface area contributed by atoms with Gasteiger partial charge in [0.15, 0.2) is 0 Å². The number of para-hydroxylation sites is 1. The molecule has 2 aromatic heterocycles. The lowest BCUT2D eigenvalue weighted by atomic mass is 10.3. The minimum absolute atomic E-state index is 0.105. The van der Waals surface area contributed by atoms with Crippen LogP contribution in [0.15, 0.2) is 46.2 Å². The van der Waals surface area contributed by atoms with Gasteiger partial charge in [-0.15, -0.1) is 10.2 Å². The van der Waals surface area contributed by atoms with Crippen LogP contribution >= 0.6 is 11.8 Å². The molecule has 0 aliphatic carbocycles. The van der Waals surface area contributed by atoms with Gasteiger partial charge in [0.1, 0.15) is 17.1 Å². The van der Waals surface area contributed by atoms with E-state index < -0.39 is 0 Å². The summed E-state index contributed by atoms with van der Waals surface area (Å²) < 4.78 is 12.0. The Morgan fingerprint density at radius 1 is 1.33 bits per heavy atom. The second-order valence-corrected chi connectivity index (χ2v) is 5.58. The van der Waals surface area contributed by atoms with E-state index in [0.29, 0.717) is 18.0 Å². The number of hydrogen-bond donors (Lipinski definition) is 1. The number of anilines is 1. The number of benzene rings is 1. The second kappa shape index (κ2) is 7.18. The Bertz CT molecular complexity index is 831. The molecule has 8 nitrogen and oxygen atoms in total. The summed E-state index contributed by atoms with van der Waals surface area (Å²) in [7, 11) is 0. The van der Waals surface area contributed by atoms with Gasteiger partial charge in [0, 0.05) is 0 Å².